The molecule has 0 radical (unpaired) electrons. The third-order valence-corrected chi connectivity index (χ3v) is 5.27. The highest BCUT2D eigenvalue weighted by Gasteiger charge is 2.23. The van der Waals surface area contributed by atoms with E-state index in [0.717, 1.165) is 28.2 Å². The molecule has 0 spiro atoms. The Kier molecular flexibility index (Phi) is 6.95. The molecule has 6 nitrogen and oxygen atoms in total. The van der Waals surface area contributed by atoms with Crippen molar-refractivity contribution in [1.29, 1.82) is 5.26 Å². The van der Waals surface area contributed by atoms with E-state index >= 15 is 0 Å². The fraction of sp³-hybridized carbons (Fsp3) is 0.143. The summed E-state index contributed by atoms with van der Waals surface area (Å²) >= 11 is 0. The molecule has 0 aliphatic rings. The molecule has 4 rings (SSSR count). The van der Waals surface area contributed by atoms with Gasteiger partial charge in [0.25, 0.3) is 0 Å². The third-order valence-electron chi connectivity index (χ3n) is 5.27. The van der Waals surface area contributed by atoms with E-state index in [1.807, 2.05) is 79.7 Å². The molecule has 0 N–H and O–H groups in total. The molecule has 0 fully saturated rings. The Balaban J connectivity index is 1.86. The zero-order valence-electron chi connectivity index (χ0n) is 19.2. The van der Waals surface area contributed by atoms with E-state index in [0.29, 0.717) is 29.2 Å². The number of ether oxygens (including phenoxy) is 3. The summed E-state index contributed by atoms with van der Waals surface area (Å²) < 4.78 is 22.4. The van der Waals surface area contributed by atoms with Crippen LogP contribution in [-0.4, -0.2) is 27.0 Å². The zero-order valence-corrected chi connectivity index (χ0v) is 19.2. The van der Waals surface area contributed by atoms with Crippen LogP contribution in [-0.2, 0) is 0 Å². The summed E-state index contributed by atoms with van der Waals surface area (Å²) in [5.74, 6) is 2.94. The van der Waals surface area contributed by atoms with Gasteiger partial charge in [-0.1, -0.05) is 24.3 Å². The maximum Gasteiger partial charge on any atom is 0.238 e. The van der Waals surface area contributed by atoms with Crippen LogP contribution in [0.3, 0.4) is 0 Å². The van der Waals surface area contributed by atoms with Crippen molar-refractivity contribution in [2.45, 2.75) is 6.92 Å². The number of furan rings is 1. The van der Waals surface area contributed by atoms with Gasteiger partial charge >= 0.3 is 0 Å². The molecule has 0 atom stereocenters. The lowest BCUT2D eigenvalue weighted by atomic mass is 9.98. The molecule has 170 valence electrons. The SMILES string of the molecule is CCOc1ccccc1C=Nc1oc(-c2ccc(OC)cc2)c(-c2ccc(OC)cc2)c1C#N. The second-order valence-corrected chi connectivity index (χ2v) is 7.28. The van der Waals surface area contributed by atoms with E-state index in [1.165, 1.54) is 0 Å². The first-order valence-electron chi connectivity index (χ1n) is 10.8. The van der Waals surface area contributed by atoms with Crippen molar-refractivity contribution in [3.05, 3.63) is 83.9 Å². The number of para-hydroxylation sites is 1. The van der Waals surface area contributed by atoms with Gasteiger partial charge in [-0.15, -0.1) is 0 Å². The van der Waals surface area contributed by atoms with Crippen molar-refractivity contribution in [3.63, 3.8) is 0 Å². The molecule has 34 heavy (non-hydrogen) atoms. The summed E-state index contributed by atoms with van der Waals surface area (Å²) in [6.07, 6.45) is 1.65. The number of benzene rings is 3. The fourth-order valence-corrected chi connectivity index (χ4v) is 3.59. The molecule has 0 aliphatic heterocycles. The zero-order chi connectivity index (χ0) is 23.9. The van der Waals surface area contributed by atoms with E-state index in [1.54, 1.807) is 20.4 Å². The summed E-state index contributed by atoms with van der Waals surface area (Å²) in [4.78, 5) is 4.55. The van der Waals surface area contributed by atoms with Crippen molar-refractivity contribution >= 4 is 12.1 Å². The maximum absolute atomic E-state index is 10.1. The van der Waals surface area contributed by atoms with Crippen LogP contribution in [0, 0.1) is 11.3 Å². The van der Waals surface area contributed by atoms with Gasteiger partial charge in [-0.05, 0) is 61.0 Å². The molecule has 0 aliphatic carbocycles. The second kappa shape index (κ2) is 10.4. The Morgan fingerprint density at radius 3 is 2.09 bits per heavy atom. The van der Waals surface area contributed by atoms with Crippen molar-refractivity contribution < 1.29 is 18.6 Å². The van der Waals surface area contributed by atoms with Gasteiger partial charge in [0.1, 0.15) is 34.6 Å². The minimum absolute atomic E-state index is 0.227. The van der Waals surface area contributed by atoms with Crippen LogP contribution < -0.4 is 14.2 Å². The Bertz CT molecular complexity index is 1330. The summed E-state index contributed by atoms with van der Waals surface area (Å²) in [6.45, 7) is 2.47. The van der Waals surface area contributed by atoms with Gasteiger partial charge in [0.15, 0.2) is 0 Å². The standard InChI is InChI=1S/C28H24N2O4/c1-4-33-25-8-6-5-7-21(25)18-30-28-24(17-29)26(19-9-13-22(31-2)14-10-19)27(34-28)20-11-15-23(32-3)16-12-20/h5-16,18H,4H2,1-3H3. The summed E-state index contributed by atoms with van der Waals surface area (Å²) in [7, 11) is 3.23. The average Bonchev–Trinajstić information content (AvgIpc) is 3.27. The molecule has 0 saturated carbocycles. The lowest BCUT2D eigenvalue weighted by Gasteiger charge is -2.06. The summed E-state index contributed by atoms with van der Waals surface area (Å²) in [5.41, 5.74) is 3.44. The molecule has 0 saturated heterocycles. The highest BCUT2D eigenvalue weighted by molar-refractivity contribution is 5.90. The molecule has 6 heteroatoms. The van der Waals surface area contributed by atoms with E-state index < -0.39 is 0 Å². The van der Waals surface area contributed by atoms with Crippen LogP contribution >= 0.6 is 0 Å². The predicted molar refractivity (Wildman–Crippen MR) is 132 cm³/mol. The first-order valence-corrected chi connectivity index (χ1v) is 10.8. The second-order valence-electron chi connectivity index (χ2n) is 7.28. The normalized spacial score (nSPS) is 10.8. The number of hydrogen-bond acceptors (Lipinski definition) is 6. The molecule has 0 amide bonds. The van der Waals surface area contributed by atoms with Crippen LogP contribution in [0.2, 0.25) is 0 Å². The molecular weight excluding hydrogens is 428 g/mol. The first-order chi connectivity index (χ1) is 16.7. The van der Waals surface area contributed by atoms with Gasteiger partial charge in [-0.25, -0.2) is 4.99 Å². The Morgan fingerprint density at radius 2 is 1.50 bits per heavy atom. The molecule has 0 bridgehead atoms. The molecule has 0 unspecified atom stereocenters. The van der Waals surface area contributed by atoms with Gasteiger partial charge in [-0.2, -0.15) is 5.26 Å². The van der Waals surface area contributed by atoms with Gasteiger partial charge in [-0.3, -0.25) is 0 Å². The Hall–Kier alpha value is -4.50. The lowest BCUT2D eigenvalue weighted by Crippen LogP contribution is -1.95. The number of hydrogen-bond donors (Lipinski definition) is 0. The van der Waals surface area contributed by atoms with E-state index in [-0.39, 0.29) is 5.88 Å². The van der Waals surface area contributed by atoms with Crippen LogP contribution in [0.25, 0.3) is 22.5 Å². The number of rotatable bonds is 8. The largest absolute Gasteiger partial charge is 0.497 e. The van der Waals surface area contributed by atoms with E-state index in [9.17, 15) is 5.26 Å². The summed E-state index contributed by atoms with van der Waals surface area (Å²) in [6, 6.07) is 24.9. The number of nitriles is 1. The van der Waals surface area contributed by atoms with Crippen molar-refractivity contribution in [2.24, 2.45) is 4.99 Å². The van der Waals surface area contributed by atoms with E-state index in [4.69, 9.17) is 18.6 Å². The Labute approximate surface area is 198 Å². The predicted octanol–water partition coefficient (Wildman–Crippen LogP) is 6.65. The maximum atomic E-state index is 10.1. The first kappa shape index (κ1) is 22.7. The lowest BCUT2D eigenvalue weighted by molar-refractivity contribution is 0.340. The molecule has 4 aromatic rings. The quantitative estimate of drug-likeness (QED) is 0.280. The molecule has 3 aromatic carbocycles. The molecule has 1 heterocycles. The van der Waals surface area contributed by atoms with Crippen molar-refractivity contribution in [1.82, 2.24) is 0 Å². The van der Waals surface area contributed by atoms with Gasteiger partial charge in [0.05, 0.1) is 20.8 Å². The Morgan fingerprint density at radius 1 is 0.882 bits per heavy atom. The van der Waals surface area contributed by atoms with Crippen molar-refractivity contribution in [3.8, 4) is 45.8 Å². The van der Waals surface area contributed by atoms with Gasteiger partial charge < -0.3 is 18.6 Å². The fourth-order valence-electron chi connectivity index (χ4n) is 3.59. The van der Waals surface area contributed by atoms with E-state index in [2.05, 4.69) is 11.1 Å². The van der Waals surface area contributed by atoms with Crippen LogP contribution in [0.15, 0.2) is 82.2 Å². The number of nitrogens with zero attached hydrogens (tertiary/aromatic N) is 2. The van der Waals surface area contributed by atoms with Gasteiger partial charge in [0.2, 0.25) is 5.88 Å². The smallest absolute Gasteiger partial charge is 0.238 e. The summed E-state index contributed by atoms with van der Waals surface area (Å²) in [5, 5.41) is 10.1. The minimum atomic E-state index is 0.227. The third kappa shape index (κ3) is 4.64. The van der Waals surface area contributed by atoms with Crippen LogP contribution in [0.1, 0.15) is 18.1 Å². The van der Waals surface area contributed by atoms with Crippen LogP contribution in [0.5, 0.6) is 17.2 Å². The molecular formula is C28H24N2O4. The number of aliphatic imine (C=N–C) groups is 1. The average molecular weight is 453 g/mol. The molecule has 1 aromatic heterocycles. The van der Waals surface area contributed by atoms with Gasteiger partial charge in [0, 0.05) is 22.9 Å². The highest BCUT2D eigenvalue weighted by Crippen LogP contribution is 2.43. The monoisotopic (exact) mass is 452 g/mol. The number of methoxy groups -OCH3 is 2. The highest BCUT2D eigenvalue weighted by atomic mass is 16.5. The van der Waals surface area contributed by atoms with Crippen LogP contribution in [0.4, 0.5) is 5.88 Å². The van der Waals surface area contributed by atoms with Crippen molar-refractivity contribution in [2.75, 3.05) is 20.8 Å². The topological polar surface area (TPSA) is 77.0 Å². The minimum Gasteiger partial charge on any atom is -0.497 e.